The van der Waals surface area contributed by atoms with E-state index < -0.39 is 0 Å². The van der Waals surface area contributed by atoms with Crippen molar-refractivity contribution >= 4 is 11.3 Å². The van der Waals surface area contributed by atoms with Gasteiger partial charge in [-0.2, -0.15) is 0 Å². The topological polar surface area (TPSA) is 60.9 Å². The Bertz CT molecular complexity index is 1120. The van der Waals surface area contributed by atoms with E-state index >= 15 is 0 Å². The van der Waals surface area contributed by atoms with Crippen molar-refractivity contribution < 1.29 is 18.4 Å². The maximum atomic E-state index is 5.59. The number of ether oxygens (including phenoxy) is 2. The quantitative estimate of drug-likeness (QED) is 0.428. The number of rotatable bonds is 6. The number of methoxy groups -OCH3 is 2. The molecule has 0 spiro atoms. The highest BCUT2D eigenvalue weighted by Gasteiger charge is 2.31. The lowest BCUT2D eigenvalue weighted by Crippen LogP contribution is -2.35. The molecule has 6 nitrogen and oxygen atoms in total. The minimum Gasteiger partial charge on any atom is -0.493 e. The second-order valence-corrected chi connectivity index (χ2v) is 8.18. The lowest BCUT2D eigenvalue weighted by atomic mass is 9.90. The molecule has 1 aliphatic heterocycles. The fourth-order valence-corrected chi connectivity index (χ4v) is 4.95. The molecule has 0 radical (unpaired) electrons. The van der Waals surface area contributed by atoms with Crippen LogP contribution in [0.25, 0.3) is 11.5 Å². The third-order valence-electron chi connectivity index (χ3n) is 5.47. The van der Waals surface area contributed by atoms with E-state index in [0.29, 0.717) is 18.1 Å². The first-order chi connectivity index (χ1) is 14.8. The minimum absolute atomic E-state index is 0.123. The Morgan fingerprint density at radius 2 is 1.97 bits per heavy atom. The van der Waals surface area contributed by atoms with E-state index in [9.17, 15) is 0 Å². The Balaban J connectivity index is 1.50. The molecule has 0 bridgehead atoms. The molecule has 4 heterocycles. The first-order valence-corrected chi connectivity index (χ1v) is 10.7. The zero-order valence-electron chi connectivity index (χ0n) is 16.8. The fraction of sp³-hybridized carbons (Fsp3) is 0.261. The number of nitrogens with zero attached hydrogens (tertiary/aromatic N) is 2. The molecule has 0 fully saturated rings. The first-order valence-electron chi connectivity index (χ1n) is 9.78. The van der Waals surface area contributed by atoms with Crippen molar-refractivity contribution in [1.29, 1.82) is 0 Å². The van der Waals surface area contributed by atoms with Crippen LogP contribution >= 0.6 is 11.3 Å². The summed E-state index contributed by atoms with van der Waals surface area (Å²) in [6.45, 7) is 1.59. The van der Waals surface area contributed by atoms with Gasteiger partial charge in [-0.3, -0.25) is 4.90 Å². The summed E-state index contributed by atoms with van der Waals surface area (Å²) in [5.74, 6) is 2.85. The smallest absolute Gasteiger partial charge is 0.202 e. The molecule has 1 unspecified atom stereocenters. The first kappa shape index (κ1) is 19.0. The van der Waals surface area contributed by atoms with Crippen LogP contribution in [0.15, 0.2) is 63.0 Å². The SMILES string of the molecule is COc1cc2c(cc1OC)C(c1cccs1)N(Cc1cc(-c3ccco3)on1)CC2. The number of thiophene rings is 1. The van der Waals surface area contributed by atoms with Gasteiger partial charge in [-0.05, 0) is 53.3 Å². The van der Waals surface area contributed by atoms with E-state index in [2.05, 4.69) is 39.7 Å². The third-order valence-corrected chi connectivity index (χ3v) is 6.40. The van der Waals surface area contributed by atoms with Crippen LogP contribution in [0.5, 0.6) is 11.5 Å². The van der Waals surface area contributed by atoms with Crippen molar-refractivity contribution in [2.75, 3.05) is 20.8 Å². The van der Waals surface area contributed by atoms with Crippen molar-refractivity contribution in [3.63, 3.8) is 0 Å². The van der Waals surface area contributed by atoms with Crippen molar-refractivity contribution in [3.8, 4) is 23.0 Å². The van der Waals surface area contributed by atoms with E-state index in [-0.39, 0.29) is 6.04 Å². The molecule has 0 saturated heterocycles. The van der Waals surface area contributed by atoms with E-state index in [0.717, 1.165) is 30.2 Å². The zero-order valence-corrected chi connectivity index (χ0v) is 17.6. The molecule has 154 valence electrons. The Kier molecular flexibility index (Phi) is 5.06. The van der Waals surface area contributed by atoms with Crippen LogP contribution in [-0.4, -0.2) is 30.8 Å². The Labute approximate surface area is 178 Å². The van der Waals surface area contributed by atoms with Gasteiger partial charge in [-0.25, -0.2) is 0 Å². The number of fused-ring (bicyclic) bond motifs is 1. The van der Waals surface area contributed by atoms with E-state index in [1.165, 1.54) is 16.0 Å². The highest BCUT2D eigenvalue weighted by molar-refractivity contribution is 7.10. The van der Waals surface area contributed by atoms with Gasteiger partial charge >= 0.3 is 0 Å². The largest absolute Gasteiger partial charge is 0.493 e. The molecule has 1 aliphatic rings. The summed E-state index contributed by atoms with van der Waals surface area (Å²) >= 11 is 1.76. The van der Waals surface area contributed by atoms with Crippen molar-refractivity contribution in [2.45, 2.75) is 19.0 Å². The maximum Gasteiger partial charge on any atom is 0.202 e. The van der Waals surface area contributed by atoms with Crippen LogP contribution in [0.3, 0.4) is 0 Å². The van der Waals surface area contributed by atoms with Crippen LogP contribution in [0, 0.1) is 0 Å². The maximum absolute atomic E-state index is 5.59. The molecule has 0 N–H and O–H groups in total. The van der Waals surface area contributed by atoms with E-state index in [4.69, 9.17) is 18.4 Å². The number of hydrogen-bond acceptors (Lipinski definition) is 7. The van der Waals surface area contributed by atoms with Crippen molar-refractivity contribution in [3.05, 3.63) is 75.8 Å². The number of hydrogen-bond donors (Lipinski definition) is 0. The van der Waals surface area contributed by atoms with E-state index in [1.54, 1.807) is 31.8 Å². The number of aromatic nitrogens is 1. The summed E-state index contributed by atoms with van der Waals surface area (Å²) in [5, 5.41) is 6.40. The van der Waals surface area contributed by atoms with Crippen LogP contribution < -0.4 is 9.47 Å². The summed E-state index contributed by atoms with van der Waals surface area (Å²) in [5.41, 5.74) is 3.42. The molecule has 4 aromatic rings. The highest BCUT2D eigenvalue weighted by Crippen LogP contribution is 2.42. The second kappa shape index (κ2) is 8.01. The average Bonchev–Trinajstić information content (AvgIpc) is 3.55. The molecular weight excluding hydrogens is 400 g/mol. The van der Waals surface area contributed by atoms with Gasteiger partial charge in [0.15, 0.2) is 17.3 Å². The molecule has 1 aromatic carbocycles. The predicted octanol–water partition coefficient (Wildman–Crippen LogP) is 5.16. The standard InChI is InChI=1S/C23H22N2O4S/c1-26-19-11-15-7-8-25(14-16-12-21(29-24-16)18-5-3-9-28-18)23(22-6-4-10-30-22)17(15)13-20(19)27-2/h3-6,9-13,23H,7-8,14H2,1-2H3. The van der Waals surface area contributed by atoms with Crippen molar-refractivity contribution in [1.82, 2.24) is 10.1 Å². The van der Waals surface area contributed by atoms with Crippen LogP contribution in [-0.2, 0) is 13.0 Å². The molecule has 7 heteroatoms. The molecule has 0 aliphatic carbocycles. The minimum atomic E-state index is 0.123. The van der Waals surface area contributed by atoms with Gasteiger partial charge in [0, 0.05) is 24.0 Å². The van der Waals surface area contributed by atoms with Gasteiger partial charge in [0.2, 0.25) is 5.76 Å². The number of furan rings is 1. The van der Waals surface area contributed by atoms with Gasteiger partial charge in [0.25, 0.3) is 0 Å². The summed E-state index contributed by atoms with van der Waals surface area (Å²) in [6, 6.07) is 14.3. The Morgan fingerprint density at radius 1 is 1.10 bits per heavy atom. The lowest BCUT2D eigenvalue weighted by Gasteiger charge is -2.37. The lowest BCUT2D eigenvalue weighted by molar-refractivity contribution is 0.200. The zero-order chi connectivity index (χ0) is 20.5. The highest BCUT2D eigenvalue weighted by atomic mass is 32.1. The molecular formula is C23H22N2O4S. The van der Waals surface area contributed by atoms with Gasteiger partial charge in [-0.15, -0.1) is 11.3 Å². The molecule has 3 aromatic heterocycles. The fourth-order valence-electron chi connectivity index (χ4n) is 4.08. The van der Waals surface area contributed by atoms with Crippen LogP contribution in [0.4, 0.5) is 0 Å². The third kappa shape index (κ3) is 3.40. The summed E-state index contributed by atoms with van der Waals surface area (Å²) in [6.07, 6.45) is 2.56. The number of benzene rings is 1. The average molecular weight is 423 g/mol. The predicted molar refractivity (Wildman–Crippen MR) is 114 cm³/mol. The molecule has 0 amide bonds. The second-order valence-electron chi connectivity index (χ2n) is 7.20. The summed E-state index contributed by atoms with van der Waals surface area (Å²) in [7, 11) is 3.36. The summed E-state index contributed by atoms with van der Waals surface area (Å²) in [4.78, 5) is 3.72. The summed E-state index contributed by atoms with van der Waals surface area (Å²) < 4.78 is 22.0. The van der Waals surface area contributed by atoms with Gasteiger partial charge < -0.3 is 18.4 Å². The van der Waals surface area contributed by atoms with Gasteiger partial charge in [0.05, 0.1) is 32.2 Å². The normalized spacial score (nSPS) is 16.4. The van der Waals surface area contributed by atoms with Crippen LogP contribution in [0.2, 0.25) is 0 Å². The molecule has 30 heavy (non-hydrogen) atoms. The van der Waals surface area contributed by atoms with E-state index in [1.807, 2.05) is 18.2 Å². The monoisotopic (exact) mass is 422 g/mol. The van der Waals surface area contributed by atoms with Gasteiger partial charge in [0.1, 0.15) is 0 Å². The Hall–Kier alpha value is -3.03. The molecule has 0 saturated carbocycles. The van der Waals surface area contributed by atoms with Gasteiger partial charge in [-0.1, -0.05) is 11.2 Å². The van der Waals surface area contributed by atoms with Crippen molar-refractivity contribution in [2.24, 2.45) is 0 Å². The molecule has 1 atom stereocenters. The van der Waals surface area contributed by atoms with Crippen LogP contribution in [0.1, 0.15) is 27.7 Å². The molecule has 5 rings (SSSR count). The Morgan fingerprint density at radius 3 is 2.70 bits per heavy atom.